The highest BCUT2D eigenvalue weighted by atomic mass is 15.1. The lowest BCUT2D eigenvalue weighted by Gasteiger charge is -2.43. The largest absolute Gasteiger partial charge is 0.371 e. The van der Waals surface area contributed by atoms with Crippen LogP contribution >= 0.6 is 0 Å². The number of hydrogen-bond donors (Lipinski definition) is 1. The number of aryl methyl sites for hydroxylation is 1. The molecule has 0 aromatic heterocycles. The monoisotopic (exact) mass is 248 g/mol. The first kappa shape index (κ1) is 15.0. The molecule has 0 aliphatic carbocycles. The maximum atomic E-state index is 6.31. The summed E-state index contributed by atoms with van der Waals surface area (Å²) in [5.41, 5.74) is 8.82. The minimum absolute atomic E-state index is 0.0608. The molecule has 0 amide bonds. The minimum atomic E-state index is -0.191. The molecule has 2 heteroatoms. The predicted octanol–water partition coefficient (Wildman–Crippen LogP) is 3.58. The van der Waals surface area contributed by atoms with Gasteiger partial charge < -0.3 is 10.6 Å². The number of hydrogen-bond acceptors (Lipinski definition) is 2. The Kier molecular flexibility index (Phi) is 4.44. The number of benzene rings is 1. The average molecular weight is 248 g/mol. The van der Waals surface area contributed by atoms with Crippen molar-refractivity contribution in [3.8, 4) is 0 Å². The summed E-state index contributed by atoms with van der Waals surface area (Å²) in [5.74, 6) is 0. The average Bonchev–Trinajstić information content (AvgIpc) is 2.25. The molecule has 1 aromatic rings. The molecule has 1 rings (SSSR count). The van der Waals surface area contributed by atoms with Gasteiger partial charge >= 0.3 is 0 Å². The molecule has 0 bridgehead atoms. The maximum Gasteiger partial charge on any atom is 0.0396 e. The van der Waals surface area contributed by atoms with E-state index in [1.54, 1.807) is 0 Å². The van der Waals surface area contributed by atoms with Crippen LogP contribution in [0, 0.1) is 12.3 Å². The van der Waals surface area contributed by atoms with Crippen molar-refractivity contribution in [3.05, 3.63) is 29.8 Å². The first-order valence-corrected chi connectivity index (χ1v) is 6.78. The van der Waals surface area contributed by atoms with Crippen molar-refractivity contribution in [2.45, 2.75) is 47.1 Å². The second kappa shape index (κ2) is 5.31. The van der Waals surface area contributed by atoms with Crippen LogP contribution in [0.1, 0.15) is 40.2 Å². The van der Waals surface area contributed by atoms with Crippen LogP contribution in [-0.4, -0.2) is 18.6 Å². The summed E-state index contributed by atoms with van der Waals surface area (Å²) >= 11 is 0. The lowest BCUT2D eigenvalue weighted by molar-refractivity contribution is 0.208. The first-order valence-electron chi connectivity index (χ1n) is 6.78. The smallest absolute Gasteiger partial charge is 0.0396 e. The quantitative estimate of drug-likeness (QED) is 0.863. The van der Waals surface area contributed by atoms with Crippen molar-refractivity contribution < 1.29 is 0 Å². The topological polar surface area (TPSA) is 29.3 Å². The molecule has 0 unspecified atom stereocenters. The Labute approximate surface area is 112 Å². The van der Waals surface area contributed by atoms with E-state index < -0.39 is 0 Å². The van der Waals surface area contributed by atoms with E-state index in [0.717, 1.165) is 13.1 Å². The number of nitrogens with zero attached hydrogens (tertiary/aromatic N) is 1. The van der Waals surface area contributed by atoms with E-state index in [4.69, 9.17) is 5.73 Å². The fourth-order valence-corrected chi connectivity index (χ4v) is 1.97. The zero-order chi connectivity index (χ0) is 14.0. The molecule has 0 aliphatic heterocycles. The standard InChI is InChI=1S/C16H28N2/c1-7-18(12-15(3,4)16(5,6)17)14-11-9-8-10-13(14)2/h8-11H,7,12,17H2,1-6H3. The molecule has 1 aromatic carbocycles. The van der Waals surface area contributed by atoms with Crippen molar-refractivity contribution >= 4 is 5.69 Å². The van der Waals surface area contributed by atoms with Gasteiger partial charge in [-0.2, -0.15) is 0 Å². The number of para-hydroxylation sites is 1. The third-order valence-electron chi connectivity index (χ3n) is 4.17. The number of nitrogens with two attached hydrogens (primary N) is 1. The lowest BCUT2D eigenvalue weighted by atomic mass is 9.74. The molecule has 102 valence electrons. The van der Waals surface area contributed by atoms with Gasteiger partial charge in [-0.05, 0) is 44.7 Å². The van der Waals surface area contributed by atoms with Gasteiger partial charge in [0.05, 0.1) is 0 Å². The third-order valence-corrected chi connectivity index (χ3v) is 4.17. The van der Waals surface area contributed by atoms with E-state index in [9.17, 15) is 0 Å². The molecule has 0 saturated carbocycles. The summed E-state index contributed by atoms with van der Waals surface area (Å²) in [4.78, 5) is 2.42. The van der Waals surface area contributed by atoms with E-state index in [-0.39, 0.29) is 11.0 Å². The highest BCUT2D eigenvalue weighted by Gasteiger charge is 2.35. The molecule has 0 atom stereocenters. The van der Waals surface area contributed by atoms with Gasteiger partial charge in [-0.1, -0.05) is 32.0 Å². The Morgan fingerprint density at radius 1 is 1.11 bits per heavy atom. The van der Waals surface area contributed by atoms with Gasteiger partial charge in [0.25, 0.3) is 0 Å². The fraction of sp³-hybridized carbons (Fsp3) is 0.625. The molecule has 2 N–H and O–H groups in total. The van der Waals surface area contributed by atoms with E-state index in [0.29, 0.717) is 0 Å². The van der Waals surface area contributed by atoms with E-state index >= 15 is 0 Å². The number of rotatable bonds is 5. The molecular formula is C16H28N2. The van der Waals surface area contributed by atoms with Gasteiger partial charge in [-0.15, -0.1) is 0 Å². The van der Waals surface area contributed by atoms with Crippen LogP contribution in [0.25, 0.3) is 0 Å². The van der Waals surface area contributed by atoms with Gasteiger partial charge in [0.2, 0.25) is 0 Å². The van der Waals surface area contributed by atoms with Crippen LogP contribution in [0.4, 0.5) is 5.69 Å². The fourth-order valence-electron chi connectivity index (χ4n) is 1.97. The SMILES string of the molecule is CCN(CC(C)(C)C(C)(C)N)c1ccccc1C. The zero-order valence-corrected chi connectivity index (χ0v) is 12.7. The van der Waals surface area contributed by atoms with Gasteiger partial charge in [0.1, 0.15) is 0 Å². The normalized spacial score (nSPS) is 12.6. The Balaban J connectivity index is 2.97. The Morgan fingerprint density at radius 2 is 1.67 bits per heavy atom. The molecular weight excluding hydrogens is 220 g/mol. The van der Waals surface area contributed by atoms with Gasteiger partial charge in [0, 0.05) is 24.3 Å². The molecule has 0 heterocycles. The van der Waals surface area contributed by atoms with Crippen LogP contribution in [0.15, 0.2) is 24.3 Å². The molecule has 18 heavy (non-hydrogen) atoms. The van der Waals surface area contributed by atoms with Gasteiger partial charge in [-0.3, -0.25) is 0 Å². The van der Waals surface area contributed by atoms with Gasteiger partial charge in [-0.25, -0.2) is 0 Å². The van der Waals surface area contributed by atoms with Crippen LogP contribution in [0.3, 0.4) is 0 Å². The van der Waals surface area contributed by atoms with Crippen LogP contribution in [0.5, 0.6) is 0 Å². The summed E-state index contributed by atoms with van der Waals surface area (Å²) in [6.07, 6.45) is 0. The molecule has 0 spiro atoms. The molecule has 0 fully saturated rings. The van der Waals surface area contributed by atoms with Crippen LogP contribution in [-0.2, 0) is 0 Å². The summed E-state index contributed by atoms with van der Waals surface area (Å²) in [7, 11) is 0. The van der Waals surface area contributed by atoms with E-state index in [1.807, 2.05) is 0 Å². The maximum absolute atomic E-state index is 6.31. The van der Waals surface area contributed by atoms with Gasteiger partial charge in [0.15, 0.2) is 0 Å². The lowest BCUT2D eigenvalue weighted by Crippen LogP contribution is -2.53. The minimum Gasteiger partial charge on any atom is -0.371 e. The van der Waals surface area contributed by atoms with Crippen molar-refractivity contribution in [1.82, 2.24) is 0 Å². The first-order chi connectivity index (χ1) is 8.19. The Hall–Kier alpha value is -1.02. The highest BCUT2D eigenvalue weighted by molar-refractivity contribution is 5.53. The second-order valence-corrected chi connectivity index (χ2v) is 6.41. The Bertz CT molecular complexity index is 388. The molecule has 0 radical (unpaired) electrons. The summed E-state index contributed by atoms with van der Waals surface area (Å²) in [6.45, 7) is 15.0. The van der Waals surface area contributed by atoms with Crippen molar-refractivity contribution in [2.75, 3.05) is 18.0 Å². The summed E-state index contributed by atoms with van der Waals surface area (Å²) in [6, 6.07) is 8.55. The number of anilines is 1. The predicted molar refractivity (Wildman–Crippen MR) is 81.1 cm³/mol. The zero-order valence-electron chi connectivity index (χ0n) is 12.7. The van der Waals surface area contributed by atoms with Crippen molar-refractivity contribution in [3.63, 3.8) is 0 Å². The van der Waals surface area contributed by atoms with Crippen LogP contribution < -0.4 is 10.6 Å². The van der Waals surface area contributed by atoms with Crippen LogP contribution in [0.2, 0.25) is 0 Å². The second-order valence-electron chi connectivity index (χ2n) is 6.41. The molecule has 0 aliphatic rings. The van der Waals surface area contributed by atoms with E-state index in [1.165, 1.54) is 11.3 Å². The Morgan fingerprint density at radius 3 is 2.11 bits per heavy atom. The summed E-state index contributed by atoms with van der Waals surface area (Å²) in [5, 5.41) is 0. The van der Waals surface area contributed by atoms with Crippen molar-refractivity contribution in [1.29, 1.82) is 0 Å². The highest BCUT2D eigenvalue weighted by Crippen LogP contribution is 2.31. The third kappa shape index (κ3) is 3.26. The molecule has 0 saturated heterocycles. The van der Waals surface area contributed by atoms with Crippen molar-refractivity contribution in [2.24, 2.45) is 11.1 Å². The summed E-state index contributed by atoms with van der Waals surface area (Å²) < 4.78 is 0. The van der Waals surface area contributed by atoms with E-state index in [2.05, 4.69) is 70.7 Å². The molecule has 2 nitrogen and oxygen atoms in total.